The summed E-state index contributed by atoms with van der Waals surface area (Å²) < 4.78 is 11.0. The van der Waals surface area contributed by atoms with Crippen LogP contribution in [-0.2, 0) is 11.2 Å². The molecule has 3 rings (SSSR count). The highest BCUT2D eigenvalue weighted by Crippen LogP contribution is 2.22. The molecule has 2 aromatic heterocycles. The molecule has 0 fully saturated rings. The number of hydrogen-bond acceptors (Lipinski definition) is 6. The van der Waals surface area contributed by atoms with Crippen LogP contribution in [0.25, 0.3) is 11.4 Å². The first-order valence-corrected chi connectivity index (χ1v) is 9.38. The van der Waals surface area contributed by atoms with E-state index in [2.05, 4.69) is 15.5 Å². The molecule has 6 nitrogen and oxygen atoms in total. The molecule has 1 N–H and O–H groups in total. The summed E-state index contributed by atoms with van der Waals surface area (Å²) in [5.41, 5.74) is 3.11. The van der Waals surface area contributed by atoms with Gasteiger partial charge < -0.3 is 14.6 Å². The van der Waals surface area contributed by atoms with Crippen molar-refractivity contribution in [3.05, 3.63) is 52.0 Å². The van der Waals surface area contributed by atoms with E-state index in [1.165, 1.54) is 0 Å². The van der Waals surface area contributed by atoms with Crippen molar-refractivity contribution < 1.29 is 14.1 Å². The van der Waals surface area contributed by atoms with Crippen molar-refractivity contribution in [2.45, 2.75) is 26.7 Å². The van der Waals surface area contributed by atoms with Gasteiger partial charge in [0.25, 0.3) is 0 Å². The lowest BCUT2D eigenvalue weighted by atomic mass is 10.1. The summed E-state index contributed by atoms with van der Waals surface area (Å²) in [5, 5.41) is 10.7. The van der Waals surface area contributed by atoms with E-state index in [0.717, 1.165) is 22.4 Å². The van der Waals surface area contributed by atoms with Crippen LogP contribution in [0, 0.1) is 13.8 Å². The number of aryl methyl sites for hydroxylation is 3. The Hall–Kier alpha value is -2.67. The third kappa shape index (κ3) is 4.70. The monoisotopic (exact) mass is 371 g/mol. The lowest BCUT2D eigenvalue weighted by molar-refractivity contribution is -0.121. The minimum atomic E-state index is -0.0645. The van der Waals surface area contributed by atoms with E-state index in [9.17, 15) is 4.79 Å². The molecule has 7 heteroatoms. The number of thiophene rings is 1. The molecule has 1 aromatic carbocycles. The first kappa shape index (κ1) is 18.1. The Balaban J connectivity index is 1.38. The van der Waals surface area contributed by atoms with Crippen LogP contribution in [0.5, 0.6) is 5.75 Å². The minimum Gasteiger partial charge on any atom is -0.491 e. The Morgan fingerprint density at radius 3 is 2.81 bits per heavy atom. The number of hydrogen-bond donors (Lipinski definition) is 1. The van der Waals surface area contributed by atoms with Gasteiger partial charge in [-0.1, -0.05) is 23.4 Å². The number of amides is 1. The van der Waals surface area contributed by atoms with Gasteiger partial charge in [-0.3, -0.25) is 4.79 Å². The molecule has 0 spiro atoms. The summed E-state index contributed by atoms with van der Waals surface area (Å²) in [5.74, 6) is 1.84. The largest absolute Gasteiger partial charge is 0.491 e. The fourth-order valence-corrected chi connectivity index (χ4v) is 3.18. The van der Waals surface area contributed by atoms with Gasteiger partial charge in [-0.05, 0) is 36.4 Å². The first-order valence-electron chi connectivity index (χ1n) is 8.44. The van der Waals surface area contributed by atoms with Gasteiger partial charge in [0.05, 0.1) is 6.54 Å². The van der Waals surface area contributed by atoms with Crippen LogP contribution in [0.3, 0.4) is 0 Å². The highest BCUT2D eigenvalue weighted by molar-refractivity contribution is 7.08. The molecule has 3 aromatic rings. The zero-order valence-corrected chi connectivity index (χ0v) is 15.6. The predicted molar refractivity (Wildman–Crippen MR) is 100 cm³/mol. The van der Waals surface area contributed by atoms with Gasteiger partial charge in [0, 0.05) is 23.8 Å². The average Bonchev–Trinajstić information content (AvgIpc) is 3.30. The van der Waals surface area contributed by atoms with Gasteiger partial charge in [0.1, 0.15) is 12.4 Å². The van der Waals surface area contributed by atoms with Gasteiger partial charge in [-0.2, -0.15) is 16.3 Å². The van der Waals surface area contributed by atoms with Crippen molar-refractivity contribution >= 4 is 17.2 Å². The van der Waals surface area contributed by atoms with Crippen molar-refractivity contribution in [1.29, 1.82) is 0 Å². The summed E-state index contributed by atoms with van der Waals surface area (Å²) in [6.07, 6.45) is 0.718. The molecular weight excluding hydrogens is 350 g/mol. The van der Waals surface area contributed by atoms with E-state index in [0.29, 0.717) is 37.7 Å². The van der Waals surface area contributed by atoms with Crippen molar-refractivity contribution in [1.82, 2.24) is 15.5 Å². The first-order chi connectivity index (χ1) is 12.6. The van der Waals surface area contributed by atoms with Gasteiger partial charge in [-0.15, -0.1) is 0 Å². The summed E-state index contributed by atoms with van der Waals surface area (Å²) in [4.78, 5) is 16.2. The number of carbonyl (C=O) groups is 1. The van der Waals surface area contributed by atoms with E-state index in [4.69, 9.17) is 9.26 Å². The van der Waals surface area contributed by atoms with E-state index in [1.54, 1.807) is 11.3 Å². The second-order valence-corrected chi connectivity index (χ2v) is 6.72. The third-order valence-electron chi connectivity index (χ3n) is 3.89. The average molecular weight is 371 g/mol. The lowest BCUT2D eigenvalue weighted by Crippen LogP contribution is -2.28. The predicted octanol–water partition coefficient (Wildman–Crippen LogP) is 3.54. The van der Waals surface area contributed by atoms with Crippen molar-refractivity contribution in [3.63, 3.8) is 0 Å². The Morgan fingerprint density at radius 1 is 1.27 bits per heavy atom. The number of rotatable bonds is 8. The number of nitrogens with zero attached hydrogens (tertiary/aromatic N) is 2. The number of para-hydroxylation sites is 1. The van der Waals surface area contributed by atoms with E-state index >= 15 is 0 Å². The highest BCUT2D eigenvalue weighted by Gasteiger charge is 2.11. The zero-order chi connectivity index (χ0) is 18.4. The molecule has 0 aliphatic carbocycles. The number of carbonyl (C=O) groups excluding carboxylic acids is 1. The van der Waals surface area contributed by atoms with Gasteiger partial charge in [0.2, 0.25) is 17.6 Å². The molecule has 0 saturated heterocycles. The van der Waals surface area contributed by atoms with Crippen LogP contribution in [0.4, 0.5) is 0 Å². The zero-order valence-electron chi connectivity index (χ0n) is 14.8. The maximum absolute atomic E-state index is 11.9. The maximum atomic E-state index is 11.9. The van der Waals surface area contributed by atoms with Gasteiger partial charge in [0.15, 0.2) is 0 Å². The number of aromatic nitrogens is 2. The van der Waals surface area contributed by atoms with Crippen molar-refractivity contribution in [2.75, 3.05) is 13.2 Å². The second-order valence-electron chi connectivity index (χ2n) is 5.94. The Morgan fingerprint density at radius 2 is 2.08 bits per heavy atom. The summed E-state index contributed by atoms with van der Waals surface area (Å²) in [7, 11) is 0. The Bertz CT molecular complexity index is 839. The van der Waals surface area contributed by atoms with Gasteiger partial charge in [-0.25, -0.2) is 0 Å². The Labute approximate surface area is 156 Å². The van der Waals surface area contributed by atoms with Crippen LogP contribution < -0.4 is 10.1 Å². The molecule has 0 saturated carbocycles. The molecule has 2 heterocycles. The van der Waals surface area contributed by atoms with Gasteiger partial charge >= 0.3 is 0 Å². The molecule has 0 aliphatic heterocycles. The third-order valence-corrected chi connectivity index (χ3v) is 4.58. The molecule has 0 atom stereocenters. The summed E-state index contributed by atoms with van der Waals surface area (Å²) >= 11 is 1.58. The number of benzene rings is 1. The molecule has 136 valence electrons. The number of nitrogens with one attached hydrogen (secondary N) is 1. The van der Waals surface area contributed by atoms with E-state index < -0.39 is 0 Å². The molecule has 1 amide bonds. The fraction of sp³-hybridized carbons (Fsp3) is 0.316. The number of ether oxygens (including phenoxy) is 1. The topological polar surface area (TPSA) is 77.2 Å². The maximum Gasteiger partial charge on any atom is 0.227 e. The molecular formula is C19H21N3O3S. The SMILES string of the molecule is Cc1cccc(C)c1OCCNC(=O)CCc1nc(-c2ccsc2)no1. The molecule has 0 aliphatic rings. The molecule has 26 heavy (non-hydrogen) atoms. The van der Waals surface area contributed by atoms with Crippen LogP contribution in [0.1, 0.15) is 23.4 Å². The van der Waals surface area contributed by atoms with E-state index in [1.807, 2.05) is 48.9 Å². The molecule has 0 radical (unpaired) electrons. The normalized spacial score (nSPS) is 10.7. The smallest absolute Gasteiger partial charge is 0.227 e. The summed E-state index contributed by atoms with van der Waals surface area (Å²) in [6.45, 7) is 4.90. The van der Waals surface area contributed by atoms with Crippen LogP contribution in [-0.4, -0.2) is 29.2 Å². The van der Waals surface area contributed by atoms with E-state index in [-0.39, 0.29) is 5.91 Å². The lowest BCUT2D eigenvalue weighted by Gasteiger charge is -2.12. The quantitative estimate of drug-likeness (QED) is 0.613. The van der Waals surface area contributed by atoms with Crippen LogP contribution >= 0.6 is 11.3 Å². The molecule has 0 unspecified atom stereocenters. The summed E-state index contributed by atoms with van der Waals surface area (Å²) in [6, 6.07) is 7.95. The van der Waals surface area contributed by atoms with Crippen LogP contribution in [0.2, 0.25) is 0 Å². The second kappa shape index (κ2) is 8.62. The highest BCUT2D eigenvalue weighted by atomic mass is 32.1. The van der Waals surface area contributed by atoms with Crippen molar-refractivity contribution in [3.8, 4) is 17.1 Å². The van der Waals surface area contributed by atoms with Crippen molar-refractivity contribution in [2.24, 2.45) is 0 Å². The molecule has 0 bridgehead atoms. The standard InChI is InChI=1S/C19H21N3O3S/c1-13-4-3-5-14(2)18(13)24-10-9-20-16(23)6-7-17-21-19(22-25-17)15-8-11-26-12-15/h3-5,8,11-12H,6-7,9-10H2,1-2H3,(H,20,23). The Kier molecular flexibility index (Phi) is 6.01. The minimum absolute atomic E-state index is 0.0645. The fourth-order valence-electron chi connectivity index (χ4n) is 2.54. The van der Waals surface area contributed by atoms with Crippen LogP contribution in [0.15, 0.2) is 39.5 Å².